The van der Waals surface area contributed by atoms with Gasteiger partial charge in [-0.3, -0.25) is 4.79 Å². The molecule has 2 N–H and O–H groups in total. The summed E-state index contributed by atoms with van der Waals surface area (Å²) < 4.78 is 0. The lowest BCUT2D eigenvalue weighted by molar-refractivity contribution is -0.134. The Hall–Kier alpha value is -0.570. The van der Waals surface area contributed by atoms with E-state index in [2.05, 4.69) is 20.8 Å². The Labute approximate surface area is 98.9 Å². The SMILES string of the molecule is CC(=O)O.CC[C@H]1CCCC(C)(C)[C@H]1CO. The van der Waals surface area contributed by atoms with Crippen LogP contribution < -0.4 is 0 Å². The molecular weight excluding hydrogens is 204 g/mol. The van der Waals surface area contributed by atoms with Crippen LogP contribution in [0.2, 0.25) is 0 Å². The molecule has 1 rings (SSSR count). The Bertz CT molecular complexity index is 207. The van der Waals surface area contributed by atoms with E-state index in [0.29, 0.717) is 17.9 Å². The van der Waals surface area contributed by atoms with Crippen LogP contribution in [0.5, 0.6) is 0 Å². The van der Waals surface area contributed by atoms with E-state index in [1.54, 1.807) is 0 Å². The molecule has 0 heterocycles. The third-order valence-corrected chi connectivity index (χ3v) is 3.69. The van der Waals surface area contributed by atoms with Gasteiger partial charge in [0.15, 0.2) is 0 Å². The summed E-state index contributed by atoms with van der Waals surface area (Å²) in [5, 5.41) is 16.7. The highest BCUT2D eigenvalue weighted by Gasteiger charge is 2.37. The molecule has 1 aliphatic carbocycles. The number of carboxylic acid groups (broad SMARTS) is 1. The highest BCUT2D eigenvalue weighted by molar-refractivity contribution is 5.62. The topological polar surface area (TPSA) is 57.5 Å². The van der Waals surface area contributed by atoms with Crippen LogP contribution in [-0.2, 0) is 4.79 Å². The zero-order valence-corrected chi connectivity index (χ0v) is 11.0. The predicted octanol–water partition coefficient (Wildman–Crippen LogP) is 2.92. The van der Waals surface area contributed by atoms with Crippen molar-refractivity contribution in [2.24, 2.45) is 17.3 Å². The first-order valence-corrected chi connectivity index (χ1v) is 6.15. The Morgan fingerprint density at radius 2 is 1.94 bits per heavy atom. The van der Waals surface area contributed by atoms with Crippen LogP contribution in [0.1, 0.15) is 53.4 Å². The van der Waals surface area contributed by atoms with E-state index in [9.17, 15) is 5.11 Å². The second-order valence-electron chi connectivity index (χ2n) is 5.36. The quantitative estimate of drug-likeness (QED) is 0.767. The maximum absolute atomic E-state index is 9.33. The van der Waals surface area contributed by atoms with Gasteiger partial charge in [0.2, 0.25) is 0 Å². The van der Waals surface area contributed by atoms with Gasteiger partial charge < -0.3 is 10.2 Å². The molecule has 0 amide bonds. The van der Waals surface area contributed by atoms with E-state index in [4.69, 9.17) is 9.90 Å². The standard InChI is InChI=1S/C11H22O.C2H4O2/c1-4-9-6-5-7-11(2,3)10(9)8-12;1-2(3)4/h9-10,12H,4-8H2,1-3H3;1H3,(H,3,4)/t9-,10-;/m0./s1. The van der Waals surface area contributed by atoms with Crippen LogP contribution >= 0.6 is 0 Å². The van der Waals surface area contributed by atoms with E-state index in [-0.39, 0.29) is 0 Å². The lowest BCUT2D eigenvalue weighted by Gasteiger charge is -2.43. The summed E-state index contributed by atoms with van der Waals surface area (Å²) in [6, 6.07) is 0. The summed E-state index contributed by atoms with van der Waals surface area (Å²) in [5.74, 6) is 0.468. The maximum atomic E-state index is 9.33. The molecule has 0 aromatic heterocycles. The zero-order chi connectivity index (χ0) is 12.8. The molecule has 0 spiro atoms. The summed E-state index contributed by atoms with van der Waals surface area (Å²) in [5.41, 5.74) is 0.369. The molecule has 0 saturated heterocycles. The van der Waals surface area contributed by atoms with Crippen molar-refractivity contribution in [1.29, 1.82) is 0 Å². The molecule has 2 atom stereocenters. The molecule has 3 nitrogen and oxygen atoms in total. The van der Waals surface area contributed by atoms with Gasteiger partial charge >= 0.3 is 0 Å². The normalized spacial score (nSPS) is 27.8. The van der Waals surface area contributed by atoms with Crippen molar-refractivity contribution >= 4 is 5.97 Å². The van der Waals surface area contributed by atoms with E-state index in [1.165, 1.54) is 25.7 Å². The Morgan fingerprint density at radius 1 is 1.44 bits per heavy atom. The second-order valence-corrected chi connectivity index (χ2v) is 5.36. The van der Waals surface area contributed by atoms with Gasteiger partial charge in [0.1, 0.15) is 0 Å². The molecule has 0 unspecified atom stereocenters. The molecule has 0 bridgehead atoms. The van der Waals surface area contributed by atoms with Gasteiger partial charge in [-0.1, -0.05) is 40.0 Å². The van der Waals surface area contributed by atoms with Gasteiger partial charge in [-0.2, -0.15) is 0 Å². The fraction of sp³-hybridized carbons (Fsp3) is 0.923. The van der Waals surface area contributed by atoms with Gasteiger partial charge in [0.25, 0.3) is 5.97 Å². The summed E-state index contributed by atoms with van der Waals surface area (Å²) in [4.78, 5) is 9.00. The summed E-state index contributed by atoms with van der Waals surface area (Å²) in [6.45, 7) is 8.31. The molecular formula is C13H26O3. The van der Waals surface area contributed by atoms with E-state index in [0.717, 1.165) is 12.8 Å². The van der Waals surface area contributed by atoms with Crippen molar-refractivity contribution in [3.05, 3.63) is 0 Å². The van der Waals surface area contributed by atoms with Crippen LogP contribution in [0.15, 0.2) is 0 Å². The van der Waals surface area contributed by atoms with Gasteiger partial charge in [-0.25, -0.2) is 0 Å². The first kappa shape index (κ1) is 15.4. The van der Waals surface area contributed by atoms with Gasteiger partial charge in [-0.15, -0.1) is 0 Å². The number of carbonyl (C=O) groups is 1. The molecule has 16 heavy (non-hydrogen) atoms. The van der Waals surface area contributed by atoms with Crippen LogP contribution in [0.4, 0.5) is 0 Å². The maximum Gasteiger partial charge on any atom is 0.300 e. The lowest BCUT2D eigenvalue weighted by Crippen LogP contribution is -2.37. The first-order chi connectivity index (χ1) is 7.35. The van der Waals surface area contributed by atoms with Crippen molar-refractivity contribution in [1.82, 2.24) is 0 Å². The summed E-state index contributed by atoms with van der Waals surface area (Å²) in [7, 11) is 0. The van der Waals surface area contributed by atoms with E-state index < -0.39 is 5.97 Å². The minimum Gasteiger partial charge on any atom is -0.481 e. The first-order valence-electron chi connectivity index (χ1n) is 6.15. The van der Waals surface area contributed by atoms with E-state index in [1.807, 2.05) is 0 Å². The largest absolute Gasteiger partial charge is 0.481 e. The third-order valence-electron chi connectivity index (χ3n) is 3.69. The fourth-order valence-electron chi connectivity index (χ4n) is 2.73. The van der Waals surface area contributed by atoms with Crippen molar-refractivity contribution in [3.8, 4) is 0 Å². The van der Waals surface area contributed by atoms with Crippen molar-refractivity contribution in [3.63, 3.8) is 0 Å². The molecule has 1 saturated carbocycles. The minimum atomic E-state index is -0.833. The number of carboxylic acids is 1. The Kier molecular flexibility index (Phi) is 6.65. The van der Waals surface area contributed by atoms with Crippen LogP contribution in [0.25, 0.3) is 0 Å². The van der Waals surface area contributed by atoms with Crippen LogP contribution in [-0.4, -0.2) is 22.8 Å². The molecule has 1 aliphatic rings. The fourth-order valence-corrected chi connectivity index (χ4v) is 2.73. The second kappa shape index (κ2) is 6.89. The van der Waals surface area contributed by atoms with Gasteiger partial charge in [0, 0.05) is 13.5 Å². The number of aliphatic carboxylic acids is 1. The minimum absolute atomic E-state index is 0.369. The highest BCUT2D eigenvalue weighted by atomic mass is 16.4. The third kappa shape index (κ3) is 4.97. The molecule has 0 aromatic rings. The molecule has 96 valence electrons. The number of hydrogen-bond donors (Lipinski definition) is 2. The van der Waals surface area contributed by atoms with Crippen LogP contribution in [0.3, 0.4) is 0 Å². The Morgan fingerprint density at radius 3 is 2.25 bits per heavy atom. The molecule has 0 aromatic carbocycles. The number of rotatable bonds is 2. The highest BCUT2D eigenvalue weighted by Crippen LogP contribution is 2.44. The van der Waals surface area contributed by atoms with Crippen molar-refractivity contribution in [2.45, 2.75) is 53.4 Å². The number of aliphatic hydroxyl groups is 1. The van der Waals surface area contributed by atoms with Gasteiger partial charge in [-0.05, 0) is 23.7 Å². The van der Waals surface area contributed by atoms with Crippen molar-refractivity contribution in [2.75, 3.05) is 6.61 Å². The van der Waals surface area contributed by atoms with Crippen molar-refractivity contribution < 1.29 is 15.0 Å². The average Bonchev–Trinajstić information content (AvgIpc) is 2.15. The average molecular weight is 230 g/mol. The zero-order valence-electron chi connectivity index (χ0n) is 11.0. The van der Waals surface area contributed by atoms with Crippen LogP contribution in [0, 0.1) is 17.3 Å². The molecule has 0 aliphatic heterocycles. The smallest absolute Gasteiger partial charge is 0.300 e. The lowest BCUT2D eigenvalue weighted by atomic mass is 9.63. The number of hydrogen-bond acceptors (Lipinski definition) is 2. The molecule has 0 radical (unpaired) electrons. The summed E-state index contributed by atoms with van der Waals surface area (Å²) >= 11 is 0. The van der Waals surface area contributed by atoms with Gasteiger partial charge in [0.05, 0.1) is 0 Å². The monoisotopic (exact) mass is 230 g/mol. The summed E-state index contributed by atoms with van der Waals surface area (Å²) in [6.07, 6.45) is 5.19. The number of aliphatic hydroxyl groups excluding tert-OH is 1. The molecule has 3 heteroatoms. The Balaban J connectivity index is 0.000000487. The van der Waals surface area contributed by atoms with E-state index >= 15 is 0 Å². The molecule has 1 fully saturated rings. The predicted molar refractivity (Wildman–Crippen MR) is 65.3 cm³/mol.